The van der Waals surface area contributed by atoms with Crippen molar-refractivity contribution in [3.8, 4) is 5.75 Å². The maximum atomic E-state index is 12.0. The van der Waals surface area contributed by atoms with Gasteiger partial charge in [-0.3, -0.25) is 0 Å². The van der Waals surface area contributed by atoms with Crippen LogP contribution in [0, 0.1) is 6.92 Å². The molecule has 0 N–H and O–H groups in total. The Morgan fingerprint density at radius 1 is 1.36 bits per heavy atom. The standard InChI is InChI=1S/C17H23ClN4O3/c1-5-6-22-16(19-20-21-22)9-25-17(23)10-24-15-7-12(4)14(18)8-13(15)11(2)3/h7-8,11H,5-6,9-10H2,1-4H3. The van der Waals surface area contributed by atoms with Gasteiger partial charge in [-0.1, -0.05) is 32.4 Å². The van der Waals surface area contributed by atoms with Gasteiger partial charge in [0, 0.05) is 11.6 Å². The van der Waals surface area contributed by atoms with Gasteiger partial charge in [-0.25, -0.2) is 9.48 Å². The second-order valence-corrected chi connectivity index (χ2v) is 6.47. The molecule has 0 atom stereocenters. The monoisotopic (exact) mass is 366 g/mol. The quantitative estimate of drug-likeness (QED) is 0.667. The highest BCUT2D eigenvalue weighted by atomic mass is 35.5. The van der Waals surface area contributed by atoms with Gasteiger partial charge in [0.05, 0.1) is 0 Å². The molecular weight excluding hydrogens is 344 g/mol. The lowest BCUT2D eigenvalue weighted by Gasteiger charge is -2.15. The van der Waals surface area contributed by atoms with Crippen LogP contribution in [0.4, 0.5) is 0 Å². The van der Waals surface area contributed by atoms with Crippen LogP contribution < -0.4 is 4.74 Å². The summed E-state index contributed by atoms with van der Waals surface area (Å²) in [5.41, 5.74) is 1.85. The van der Waals surface area contributed by atoms with Crippen LogP contribution in [0.25, 0.3) is 0 Å². The van der Waals surface area contributed by atoms with Crippen molar-refractivity contribution < 1.29 is 14.3 Å². The number of aryl methyl sites for hydroxylation is 2. The lowest BCUT2D eigenvalue weighted by molar-refractivity contribution is -0.147. The van der Waals surface area contributed by atoms with Crippen LogP contribution in [0.3, 0.4) is 0 Å². The number of rotatable bonds is 8. The van der Waals surface area contributed by atoms with Crippen molar-refractivity contribution in [1.29, 1.82) is 0 Å². The van der Waals surface area contributed by atoms with Crippen LogP contribution in [-0.4, -0.2) is 32.8 Å². The normalized spacial score (nSPS) is 11.0. The Morgan fingerprint density at radius 2 is 2.12 bits per heavy atom. The van der Waals surface area contributed by atoms with Gasteiger partial charge in [0.1, 0.15) is 5.75 Å². The van der Waals surface area contributed by atoms with Gasteiger partial charge in [-0.05, 0) is 52.9 Å². The first-order valence-electron chi connectivity index (χ1n) is 8.25. The average Bonchev–Trinajstić information content (AvgIpc) is 3.01. The Bertz CT molecular complexity index is 731. The number of benzene rings is 1. The molecule has 2 aromatic rings. The minimum atomic E-state index is -0.478. The first-order valence-corrected chi connectivity index (χ1v) is 8.63. The summed E-state index contributed by atoms with van der Waals surface area (Å²) < 4.78 is 12.5. The number of carbonyl (C=O) groups excluding carboxylic acids is 1. The maximum Gasteiger partial charge on any atom is 0.344 e. The molecule has 0 spiro atoms. The van der Waals surface area contributed by atoms with Crippen LogP contribution >= 0.6 is 11.6 Å². The molecule has 25 heavy (non-hydrogen) atoms. The number of carbonyl (C=O) groups is 1. The summed E-state index contributed by atoms with van der Waals surface area (Å²) in [5, 5.41) is 12.0. The second kappa shape index (κ2) is 8.80. The fourth-order valence-corrected chi connectivity index (χ4v) is 2.45. The topological polar surface area (TPSA) is 79.1 Å². The summed E-state index contributed by atoms with van der Waals surface area (Å²) in [6.45, 7) is 8.51. The van der Waals surface area contributed by atoms with Crippen molar-refractivity contribution in [2.24, 2.45) is 0 Å². The largest absolute Gasteiger partial charge is 0.482 e. The highest BCUT2D eigenvalue weighted by molar-refractivity contribution is 6.31. The molecule has 0 aliphatic rings. The number of nitrogens with zero attached hydrogens (tertiary/aromatic N) is 4. The molecule has 1 aromatic heterocycles. The summed E-state index contributed by atoms with van der Waals surface area (Å²) >= 11 is 6.17. The first kappa shape index (κ1) is 19.2. The predicted molar refractivity (Wildman–Crippen MR) is 93.7 cm³/mol. The number of aromatic nitrogens is 4. The van der Waals surface area contributed by atoms with E-state index in [1.807, 2.05) is 39.8 Å². The van der Waals surface area contributed by atoms with Crippen LogP contribution in [0.2, 0.25) is 5.02 Å². The second-order valence-electron chi connectivity index (χ2n) is 6.06. The van der Waals surface area contributed by atoms with Crippen molar-refractivity contribution in [1.82, 2.24) is 20.2 Å². The van der Waals surface area contributed by atoms with E-state index in [4.69, 9.17) is 21.1 Å². The molecule has 136 valence electrons. The zero-order valence-electron chi connectivity index (χ0n) is 15.0. The van der Waals surface area contributed by atoms with Gasteiger partial charge >= 0.3 is 5.97 Å². The molecule has 1 heterocycles. The van der Waals surface area contributed by atoms with Crippen molar-refractivity contribution in [2.45, 2.75) is 53.2 Å². The number of hydrogen-bond acceptors (Lipinski definition) is 6. The summed E-state index contributed by atoms with van der Waals surface area (Å²) in [4.78, 5) is 12.0. The maximum absolute atomic E-state index is 12.0. The Hall–Kier alpha value is -2.15. The molecule has 0 saturated carbocycles. The van der Waals surface area contributed by atoms with Crippen molar-refractivity contribution >= 4 is 17.6 Å². The average molecular weight is 367 g/mol. The van der Waals surface area contributed by atoms with E-state index in [0.29, 0.717) is 23.1 Å². The van der Waals surface area contributed by atoms with E-state index in [0.717, 1.165) is 17.5 Å². The van der Waals surface area contributed by atoms with Crippen molar-refractivity contribution in [3.05, 3.63) is 34.1 Å². The molecule has 0 unspecified atom stereocenters. The Balaban J connectivity index is 1.94. The molecule has 0 bridgehead atoms. The third-order valence-corrected chi connectivity index (χ3v) is 4.07. The van der Waals surface area contributed by atoms with Gasteiger partial charge in [-0.2, -0.15) is 0 Å². The molecule has 2 rings (SSSR count). The molecule has 8 heteroatoms. The fraction of sp³-hybridized carbons (Fsp3) is 0.529. The number of tetrazole rings is 1. The molecule has 7 nitrogen and oxygen atoms in total. The van der Waals surface area contributed by atoms with Gasteiger partial charge in [0.25, 0.3) is 0 Å². The summed E-state index contributed by atoms with van der Waals surface area (Å²) in [6, 6.07) is 3.72. The number of hydrogen-bond donors (Lipinski definition) is 0. The first-order chi connectivity index (χ1) is 11.9. The lowest BCUT2D eigenvalue weighted by Crippen LogP contribution is -2.17. The zero-order chi connectivity index (χ0) is 18.4. The molecule has 0 aliphatic heterocycles. The van der Waals surface area contributed by atoms with Gasteiger partial charge in [0.15, 0.2) is 19.0 Å². The Labute approximate surface area is 152 Å². The number of esters is 1. The van der Waals surface area contributed by atoms with Crippen LogP contribution in [0.15, 0.2) is 12.1 Å². The van der Waals surface area contributed by atoms with Crippen LogP contribution in [0.5, 0.6) is 5.75 Å². The van der Waals surface area contributed by atoms with Gasteiger partial charge in [-0.15, -0.1) is 5.10 Å². The van der Waals surface area contributed by atoms with Crippen molar-refractivity contribution in [3.63, 3.8) is 0 Å². The van der Waals surface area contributed by atoms with E-state index in [9.17, 15) is 4.79 Å². The summed E-state index contributed by atoms with van der Waals surface area (Å²) in [7, 11) is 0. The minimum Gasteiger partial charge on any atom is -0.482 e. The highest BCUT2D eigenvalue weighted by Crippen LogP contribution is 2.31. The smallest absolute Gasteiger partial charge is 0.344 e. The number of ether oxygens (including phenoxy) is 2. The minimum absolute atomic E-state index is 0.0197. The van der Waals surface area contributed by atoms with Crippen molar-refractivity contribution in [2.75, 3.05) is 6.61 Å². The molecule has 1 aromatic carbocycles. The van der Waals surface area contributed by atoms with E-state index in [1.54, 1.807) is 4.68 Å². The van der Waals surface area contributed by atoms with Crippen LogP contribution in [-0.2, 0) is 22.7 Å². The molecule has 0 amide bonds. The zero-order valence-corrected chi connectivity index (χ0v) is 15.7. The SMILES string of the molecule is CCCn1nnnc1COC(=O)COc1cc(C)c(Cl)cc1C(C)C. The van der Waals surface area contributed by atoms with Gasteiger partial charge in [0.2, 0.25) is 0 Å². The molecule has 0 aliphatic carbocycles. The predicted octanol–water partition coefficient (Wildman–Crippen LogP) is 3.29. The van der Waals surface area contributed by atoms with E-state index in [1.165, 1.54) is 0 Å². The summed E-state index contributed by atoms with van der Waals surface area (Å²) in [5.74, 6) is 0.904. The third kappa shape index (κ3) is 5.16. The fourth-order valence-electron chi connectivity index (χ4n) is 2.28. The summed E-state index contributed by atoms with van der Waals surface area (Å²) in [6.07, 6.45) is 0.892. The third-order valence-electron chi connectivity index (χ3n) is 3.66. The van der Waals surface area contributed by atoms with E-state index in [2.05, 4.69) is 15.5 Å². The lowest BCUT2D eigenvalue weighted by atomic mass is 10.0. The van der Waals surface area contributed by atoms with E-state index >= 15 is 0 Å². The molecular formula is C17H23ClN4O3. The molecule has 0 saturated heterocycles. The van der Waals surface area contributed by atoms with Crippen LogP contribution in [0.1, 0.15) is 50.1 Å². The van der Waals surface area contributed by atoms with E-state index in [-0.39, 0.29) is 19.1 Å². The molecule has 0 fully saturated rings. The Morgan fingerprint density at radius 3 is 2.80 bits per heavy atom. The van der Waals surface area contributed by atoms with E-state index < -0.39 is 5.97 Å². The van der Waals surface area contributed by atoms with Gasteiger partial charge < -0.3 is 9.47 Å². The number of halogens is 1. The molecule has 0 radical (unpaired) electrons. The Kier molecular flexibility index (Phi) is 6.75. The highest BCUT2D eigenvalue weighted by Gasteiger charge is 2.14.